The van der Waals surface area contributed by atoms with Gasteiger partial charge in [-0.2, -0.15) is 0 Å². The van der Waals surface area contributed by atoms with Crippen molar-refractivity contribution in [2.45, 2.75) is 11.3 Å². The lowest BCUT2D eigenvalue weighted by Gasteiger charge is -2.07. The molecule has 0 atom stereocenters. The second-order valence-corrected chi connectivity index (χ2v) is 8.13. The van der Waals surface area contributed by atoms with Crippen molar-refractivity contribution in [3.05, 3.63) is 68.3 Å². The van der Waals surface area contributed by atoms with Gasteiger partial charge in [-0.15, -0.1) is 0 Å². The molecule has 0 amide bonds. The monoisotopic (exact) mass is 413 g/mol. The minimum absolute atomic E-state index is 0.121. The number of benzene rings is 2. The van der Waals surface area contributed by atoms with Crippen molar-refractivity contribution < 1.29 is 13.3 Å². The zero-order valence-corrected chi connectivity index (χ0v) is 15.5. The topological polar surface area (TPSA) is 105 Å². The second kappa shape index (κ2) is 7.24. The molecule has 0 radical (unpaired) electrons. The van der Waals surface area contributed by atoms with E-state index < -0.39 is 20.6 Å². The van der Waals surface area contributed by atoms with E-state index in [0.29, 0.717) is 11.4 Å². The minimum Gasteiger partial charge on any atom is -0.361 e. The molecule has 0 saturated heterocycles. The van der Waals surface area contributed by atoms with Crippen LogP contribution in [0, 0.1) is 10.1 Å². The lowest BCUT2D eigenvalue weighted by atomic mass is 10.1. The van der Waals surface area contributed by atoms with E-state index in [-0.39, 0.29) is 16.5 Å². The van der Waals surface area contributed by atoms with Crippen molar-refractivity contribution in [1.29, 1.82) is 0 Å². The number of H-pyrrole nitrogens is 1. The van der Waals surface area contributed by atoms with Crippen molar-refractivity contribution >= 4 is 49.8 Å². The first-order chi connectivity index (χ1) is 12.3. The normalized spacial score (nSPS) is 11.8. The summed E-state index contributed by atoms with van der Waals surface area (Å²) in [6.07, 6.45) is 2.22. The van der Waals surface area contributed by atoms with Gasteiger partial charge >= 0.3 is 0 Å². The number of nitrogens with zero attached hydrogens (tertiary/aromatic N) is 1. The Balaban J connectivity index is 1.75. The van der Waals surface area contributed by atoms with E-state index in [1.54, 1.807) is 18.3 Å². The van der Waals surface area contributed by atoms with Crippen molar-refractivity contribution in [2.75, 3.05) is 6.54 Å². The Morgan fingerprint density at radius 2 is 1.92 bits per heavy atom. The molecule has 2 aromatic carbocycles. The van der Waals surface area contributed by atoms with Gasteiger partial charge in [-0.1, -0.05) is 23.2 Å². The van der Waals surface area contributed by atoms with Crippen LogP contribution in [0.15, 0.2) is 47.5 Å². The van der Waals surface area contributed by atoms with E-state index >= 15 is 0 Å². The highest BCUT2D eigenvalue weighted by molar-refractivity contribution is 7.89. The molecule has 7 nitrogen and oxygen atoms in total. The summed E-state index contributed by atoms with van der Waals surface area (Å²) in [5.74, 6) is 0. The highest BCUT2D eigenvalue weighted by Crippen LogP contribution is 2.27. The fraction of sp³-hybridized carbons (Fsp3) is 0.125. The van der Waals surface area contributed by atoms with E-state index in [1.807, 2.05) is 6.07 Å². The number of hydrogen-bond acceptors (Lipinski definition) is 4. The molecular weight excluding hydrogens is 401 g/mol. The Kier molecular flexibility index (Phi) is 5.19. The summed E-state index contributed by atoms with van der Waals surface area (Å²) in [6, 6.07) is 8.77. The number of nitrogens with one attached hydrogen (secondary N) is 2. The highest BCUT2D eigenvalue weighted by Gasteiger charge is 2.20. The molecule has 2 N–H and O–H groups in total. The van der Waals surface area contributed by atoms with E-state index in [9.17, 15) is 18.5 Å². The summed E-state index contributed by atoms with van der Waals surface area (Å²) in [5, 5.41) is 12.3. The number of nitro benzene ring substituents is 1. The van der Waals surface area contributed by atoms with Gasteiger partial charge in [0.25, 0.3) is 5.69 Å². The largest absolute Gasteiger partial charge is 0.361 e. The summed E-state index contributed by atoms with van der Waals surface area (Å²) < 4.78 is 27.2. The molecule has 1 aromatic heterocycles. The average molecular weight is 414 g/mol. The van der Waals surface area contributed by atoms with Gasteiger partial charge in [0.1, 0.15) is 5.02 Å². The van der Waals surface area contributed by atoms with Gasteiger partial charge in [0.05, 0.1) is 9.82 Å². The average Bonchev–Trinajstić information content (AvgIpc) is 2.97. The van der Waals surface area contributed by atoms with Crippen molar-refractivity contribution in [3.8, 4) is 0 Å². The Labute approximate surface area is 159 Å². The molecule has 3 aromatic rings. The molecule has 0 saturated carbocycles. The Bertz CT molecular complexity index is 1100. The van der Waals surface area contributed by atoms with Crippen LogP contribution in [-0.4, -0.2) is 24.9 Å². The number of rotatable bonds is 6. The van der Waals surface area contributed by atoms with Crippen LogP contribution in [-0.2, 0) is 16.4 Å². The first-order valence-corrected chi connectivity index (χ1v) is 9.71. The van der Waals surface area contributed by atoms with E-state index in [2.05, 4.69) is 9.71 Å². The van der Waals surface area contributed by atoms with Crippen LogP contribution < -0.4 is 4.72 Å². The Morgan fingerprint density at radius 1 is 1.15 bits per heavy atom. The zero-order valence-electron chi connectivity index (χ0n) is 13.2. The van der Waals surface area contributed by atoms with Crippen LogP contribution in [0.5, 0.6) is 0 Å². The molecule has 10 heteroatoms. The predicted molar refractivity (Wildman–Crippen MR) is 100 cm³/mol. The highest BCUT2D eigenvalue weighted by atomic mass is 35.5. The van der Waals surface area contributed by atoms with E-state index in [4.69, 9.17) is 23.2 Å². The second-order valence-electron chi connectivity index (χ2n) is 5.52. The quantitative estimate of drug-likeness (QED) is 0.471. The molecule has 0 unspecified atom stereocenters. The smallest absolute Gasteiger partial charge is 0.289 e. The third-order valence-electron chi connectivity index (χ3n) is 3.84. The fourth-order valence-corrected chi connectivity index (χ4v) is 3.97. The van der Waals surface area contributed by atoms with Crippen molar-refractivity contribution in [1.82, 2.24) is 9.71 Å². The Morgan fingerprint density at radius 3 is 2.65 bits per heavy atom. The standard InChI is InChI=1S/C16H13Cl2N3O4S/c17-11-1-4-15-13(7-11)10(9-19-15)5-6-20-26(24,25)12-2-3-14(18)16(8-12)21(22)23/h1-4,7-9,19-20H,5-6H2. The van der Waals surface area contributed by atoms with Gasteiger partial charge in [-0.3, -0.25) is 10.1 Å². The van der Waals surface area contributed by atoms with Crippen LogP contribution in [0.25, 0.3) is 10.9 Å². The maximum atomic E-state index is 12.4. The summed E-state index contributed by atoms with van der Waals surface area (Å²) in [7, 11) is -3.90. The first-order valence-electron chi connectivity index (χ1n) is 7.47. The summed E-state index contributed by atoms with van der Waals surface area (Å²) >= 11 is 11.7. The van der Waals surface area contributed by atoms with Crippen LogP contribution in [0.4, 0.5) is 5.69 Å². The van der Waals surface area contributed by atoms with Gasteiger partial charge < -0.3 is 4.98 Å². The van der Waals surface area contributed by atoms with Crippen LogP contribution in [0.2, 0.25) is 10.0 Å². The van der Waals surface area contributed by atoms with Gasteiger partial charge in [0.2, 0.25) is 10.0 Å². The molecule has 1 heterocycles. The molecule has 0 spiro atoms. The third-order valence-corrected chi connectivity index (χ3v) is 5.85. The molecule has 0 aliphatic rings. The molecule has 136 valence electrons. The number of halogens is 2. The number of sulfonamides is 1. The van der Waals surface area contributed by atoms with Gasteiger partial charge in [-0.05, 0) is 42.3 Å². The van der Waals surface area contributed by atoms with Crippen LogP contribution >= 0.6 is 23.2 Å². The number of nitro groups is 1. The van der Waals surface area contributed by atoms with Gasteiger partial charge in [0, 0.05) is 34.7 Å². The van der Waals surface area contributed by atoms with E-state index in [1.165, 1.54) is 12.1 Å². The Hall–Kier alpha value is -2.13. The molecule has 3 rings (SSSR count). The lowest BCUT2D eigenvalue weighted by Crippen LogP contribution is -2.26. The molecule has 0 fully saturated rings. The summed E-state index contributed by atoms with van der Waals surface area (Å²) in [4.78, 5) is 13.1. The molecule has 0 aliphatic heterocycles. The molecule has 0 bridgehead atoms. The number of aromatic amines is 1. The lowest BCUT2D eigenvalue weighted by molar-refractivity contribution is -0.384. The van der Waals surface area contributed by atoms with Gasteiger partial charge in [0.15, 0.2) is 0 Å². The SMILES string of the molecule is O=[N+]([O-])c1cc(S(=O)(=O)NCCc2c[nH]c3ccc(Cl)cc23)ccc1Cl. The van der Waals surface area contributed by atoms with E-state index in [0.717, 1.165) is 22.5 Å². The molecule has 0 aliphatic carbocycles. The summed E-state index contributed by atoms with van der Waals surface area (Å²) in [5.41, 5.74) is 1.36. The number of fused-ring (bicyclic) bond motifs is 1. The van der Waals surface area contributed by atoms with Crippen molar-refractivity contribution in [2.24, 2.45) is 0 Å². The number of hydrogen-bond donors (Lipinski definition) is 2. The maximum absolute atomic E-state index is 12.4. The summed E-state index contributed by atoms with van der Waals surface area (Å²) in [6.45, 7) is 0.123. The first kappa shape index (κ1) is 18.7. The zero-order chi connectivity index (χ0) is 18.9. The van der Waals surface area contributed by atoms with Crippen LogP contribution in [0.3, 0.4) is 0 Å². The van der Waals surface area contributed by atoms with Gasteiger partial charge in [-0.25, -0.2) is 13.1 Å². The number of aromatic nitrogens is 1. The molecular formula is C16H13Cl2N3O4S. The minimum atomic E-state index is -3.90. The van der Waals surface area contributed by atoms with Crippen LogP contribution in [0.1, 0.15) is 5.56 Å². The fourth-order valence-electron chi connectivity index (χ4n) is 2.56. The molecule has 26 heavy (non-hydrogen) atoms. The van der Waals surface area contributed by atoms with Crippen molar-refractivity contribution in [3.63, 3.8) is 0 Å². The third kappa shape index (κ3) is 3.83. The maximum Gasteiger partial charge on any atom is 0.289 e. The predicted octanol–water partition coefficient (Wildman–Crippen LogP) is 3.90.